The highest BCUT2D eigenvalue weighted by Gasteiger charge is 2.30. The first-order chi connectivity index (χ1) is 11.6. The molecule has 0 heterocycles. The molecule has 7 nitrogen and oxygen atoms in total. The second-order valence-corrected chi connectivity index (χ2v) is 5.08. The molecule has 10 heteroatoms. The molecule has 1 rings (SSSR count). The van der Waals surface area contributed by atoms with Gasteiger partial charge in [0.15, 0.2) is 0 Å². The first kappa shape index (κ1) is 20.3. The van der Waals surface area contributed by atoms with Crippen molar-refractivity contribution in [2.45, 2.75) is 32.4 Å². The smallest absolute Gasteiger partial charge is 0.416 e. The largest absolute Gasteiger partial charge is 0.481 e. The number of hydrazine groups is 1. The standard InChI is InChI=1S/C15H18F3N3O4/c1-2-9-21(12(22)7-8-13(23)24)20-14(25)19-11-5-3-10(4-6-11)15(16,17)18/h3-6H,2,7-9H2,1H3,(H,23,24)(H2,19,20,25). The third-order valence-electron chi connectivity index (χ3n) is 3.01. The zero-order chi connectivity index (χ0) is 19.0. The van der Waals surface area contributed by atoms with Gasteiger partial charge in [-0.05, 0) is 30.7 Å². The van der Waals surface area contributed by atoms with Gasteiger partial charge in [-0.15, -0.1) is 0 Å². The van der Waals surface area contributed by atoms with E-state index in [1.807, 2.05) is 0 Å². The summed E-state index contributed by atoms with van der Waals surface area (Å²) in [4.78, 5) is 34.2. The topological polar surface area (TPSA) is 98.7 Å². The molecule has 0 bridgehead atoms. The highest BCUT2D eigenvalue weighted by molar-refractivity contribution is 5.91. The summed E-state index contributed by atoms with van der Waals surface area (Å²) in [7, 11) is 0. The maximum absolute atomic E-state index is 12.5. The molecule has 1 aromatic carbocycles. The summed E-state index contributed by atoms with van der Waals surface area (Å²) in [5, 5.41) is 11.9. The van der Waals surface area contributed by atoms with E-state index in [-0.39, 0.29) is 25.1 Å². The van der Waals surface area contributed by atoms with Crippen LogP contribution in [0.15, 0.2) is 24.3 Å². The number of alkyl halides is 3. The zero-order valence-corrected chi connectivity index (χ0v) is 13.4. The van der Waals surface area contributed by atoms with E-state index in [9.17, 15) is 27.6 Å². The molecule has 138 valence electrons. The summed E-state index contributed by atoms with van der Waals surface area (Å²) >= 11 is 0. The minimum Gasteiger partial charge on any atom is -0.481 e. The molecule has 0 aliphatic carbocycles. The van der Waals surface area contributed by atoms with E-state index in [1.54, 1.807) is 6.92 Å². The minimum absolute atomic E-state index is 0.111. The van der Waals surface area contributed by atoms with E-state index in [1.165, 1.54) is 0 Å². The molecule has 0 aliphatic rings. The summed E-state index contributed by atoms with van der Waals surface area (Å²) in [6.45, 7) is 1.92. The van der Waals surface area contributed by atoms with Crippen molar-refractivity contribution in [3.8, 4) is 0 Å². The van der Waals surface area contributed by atoms with Gasteiger partial charge in [-0.25, -0.2) is 10.2 Å². The Morgan fingerprint density at radius 3 is 2.20 bits per heavy atom. The van der Waals surface area contributed by atoms with Crippen LogP contribution in [0, 0.1) is 0 Å². The lowest BCUT2D eigenvalue weighted by atomic mass is 10.2. The summed E-state index contributed by atoms with van der Waals surface area (Å²) < 4.78 is 37.4. The Morgan fingerprint density at radius 1 is 1.12 bits per heavy atom. The number of hydrogen-bond donors (Lipinski definition) is 3. The normalized spacial score (nSPS) is 10.9. The van der Waals surface area contributed by atoms with Crippen LogP contribution in [-0.4, -0.2) is 34.6 Å². The predicted octanol–water partition coefficient (Wildman–Crippen LogP) is 2.85. The quantitative estimate of drug-likeness (QED) is 0.679. The maximum Gasteiger partial charge on any atom is 0.416 e. The van der Waals surface area contributed by atoms with Gasteiger partial charge in [0, 0.05) is 18.7 Å². The molecule has 0 unspecified atom stereocenters. The Morgan fingerprint density at radius 2 is 1.72 bits per heavy atom. The number of hydrogen-bond acceptors (Lipinski definition) is 3. The molecule has 0 radical (unpaired) electrons. The number of carboxylic acids is 1. The molecule has 0 saturated heterocycles. The van der Waals surface area contributed by atoms with Crippen molar-refractivity contribution >= 4 is 23.6 Å². The van der Waals surface area contributed by atoms with Gasteiger partial charge >= 0.3 is 18.2 Å². The summed E-state index contributed by atoms with van der Waals surface area (Å²) in [6.07, 6.45) is -4.62. The van der Waals surface area contributed by atoms with Crippen LogP contribution in [0.2, 0.25) is 0 Å². The average molecular weight is 361 g/mol. The Kier molecular flexibility index (Phi) is 7.22. The fraction of sp³-hybridized carbons (Fsp3) is 0.400. The average Bonchev–Trinajstić information content (AvgIpc) is 2.51. The second kappa shape index (κ2) is 8.90. The highest BCUT2D eigenvalue weighted by atomic mass is 19.4. The number of carbonyl (C=O) groups excluding carboxylic acids is 2. The number of benzene rings is 1. The summed E-state index contributed by atoms with van der Waals surface area (Å²) in [5.74, 6) is -1.72. The molecule has 3 amide bonds. The number of carbonyl (C=O) groups is 3. The third-order valence-corrected chi connectivity index (χ3v) is 3.01. The number of anilines is 1. The number of aliphatic carboxylic acids is 1. The Bertz CT molecular complexity index is 617. The molecule has 0 fully saturated rings. The fourth-order valence-corrected chi connectivity index (χ4v) is 1.84. The third kappa shape index (κ3) is 7.10. The number of halogens is 3. The lowest BCUT2D eigenvalue weighted by Gasteiger charge is -2.22. The Hall–Kier alpha value is -2.78. The zero-order valence-electron chi connectivity index (χ0n) is 13.4. The molecule has 3 N–H and O–H groups in total. The van der Waals surface area contributed by atoms with E-state index >= 15 is 0 Å². The van der Waals surface area contributed by atoms with E-state index in [0.717, 1.165) is 29.3 Å². The molecular formula is C15H18F3N3O4. The lowest BCUT2D eigenvalue weighted by molar-refractivity contribution is -0.141. The molecule has 25 heavy (non-hydrogen) atoms. The number of rotatable bonds is 6. The monoisotopic (exact) mass is 361 g/mol. The maximum atomic E-state index is 12.5. The van der Waals surface area contributed by atoms with Crippen molar-refractivity contribution in [3.63, 3.8) is 0 Å². The van der Waals surface area contributed by atoms with Crippen molar-refractivity contribution in [1.82, 2.24) is 10.4 Å². The number of nitrogens with zero attached hydrogens (tertiary/aromatic N) is 1. The SMILES string of the molecule is CCCN(NC(=O)Nc1ccc(C(F)(F)F)cc1)C(=O)CCC(=O)O. The van der Waals surface area contributed by atoms with Gasteiger partial charge in [0.2, 0.25) is 5.91 Å². The summed E-state index contributed by atoms with van der Waals surface area (Å²) in [5.41, 5.74) is 1.51. The fourth-order valence-electron chi connectivity index (χ4n) is 1.84. The molecule has 0 aromatic heterocycles. The molecule has 0 spiro atoms. The summed E-state index contributed by atoms with van der Waals surface area (Å²) in [6, 6.07) is 2.98. The molecule has 1 aromatic rings. The van der Waals surface area contributed by atoms with Gasteiger partial charge in [-0.3, -0.25) is 14.6 Å². The predicted molar refractivity (Wildman–Crippen MR) is 82.5 cm³/mol. The van der Waals surface area contributed by atoms with Crippen LogP contribution in [0.1, 0.15) is 31.7 Å². The van der Waals surface area contributed by atoms with Gasteiger partial charge in [-0.2, -0.15) is 13.2 Å². The first-order valence-electron chi connectivity index (χ1n) is 7.40. The highest BCUT2D eigenvalue weighted by Crippen LogP contribution is 2.29. The number of carboxylic acid groups (broad SMARTS) is 1. The molecule has 0 saturated carbocycles. The van der Waals surface area contributed by atoms with Crippen LogP contribution in [0.5, 0.6) is 0 Å². The van der Waals surface area contributed by atoms with Gasteiger partial charge in [0.05, 0.1) is 12.0 Å². The Balaban J connectivity index is 2.65. The van der Waals surface area contributed by atoms with Crippen LogP contribution in [0.4, 0.5) is 23.7 Å². The van der Waals surface area contributed by atoms with Gasteiger partial charge in [0.1, 0.15) is 0 Å². The van der Waals surface area contributed by atoms with Crippen molar-refractivity contribution in [1.29, 1.82) is 0 Å². The number of urea groups is 1. The van der Waals surface area contributed by atoms with E-state index < -0.39 is 29.6 Å². The van der Waals surface area contributed by atoms with Crippen LogP contribution in [-0.2, 0) is 15.8 Å². The van der Waals surface area contributed by atoms with Gasteiger partial charge in [-0.1, -0.05) is 6.92 Å². The minimum atomic E-state index is -4.48. The van der Waals surface area contributed by atoms with Crippen LogP contribution in [0.25, 0.3) is 0 Å². The first-order valence-corrected chi connectivity index (χ1v) is 7.40. The Labute approximate surface area is 141 Å². The number of nitrogens with one attached hydrogen (secondary N) is 2. The van der Waals surface area contributed by atoms with Crippen LogP contribution < -0.4 is 10.7 Å². The van der Waals surface area contributed by atoms with E-state index in [0.29, 0.717) is 6.42 Å². The van der Waals surface area contributed by atoms with Crippen molar-refractivity contribution in [2.75, 3.05) is 11.9 Å². The molecule has 0 aliphatic heterocycles. The van der Waals surface area contributed by atoms with Gasteiger partial charge < -0.3 is 10.4 Å². The van der Waals surface area contributed by atoms with Crippen LogP contribution >= 0.6 is 0 Å². The van der Waals surface area contributed by atoms with Gasteiger partial charge in [0.25, 0.3) is 0 Å². The van der Waals surface area contributed by atoms with Crippen LogP contribution in [0.3, 0.4) is 0 Å². The molecule has 0 atom stereocenters. The second-order valence-electron chi connectivity index (χ2n) is 5.08. The molecular weight excluding hydrogens is 343 g/mol. The van der Waals surface area contributed by atoms with Crippen molar-refractivity contribution in [3.05, 3.63) is 29.8 Å². The van der Waals surface area contributed by atoms with Crippen molar-refractivity contribution in [2.24, 2.45) is 0 Å². The van der Waals surface area contributed by atoms with E-state index in [2.05, 4.69) is 10.7 Å². The number of amides is 3. The lowest BCUT2D eigenvalue weighted by Crippen LogP contribution is -2.48. The van der Waals surface area contributed by atoms with Crippen molar-refractivity contribution < 1.29 is 32.7 Å². The van der Waals surface area contributed by atoms with E-state index in [4.69, 9.17) is 5.11 Å².